The molecule has 2 aromatic carbocycles. The minimum absolute atomic E-state index is 0.0647. The topological polar surface area (TPSA) is 45.2 Å². The normalized spacial score (nSPS) is 15.9. The number of thiazole rings is 1. The second-order valence-corrected chi connectivity index (χ2v) is 8.49. The highest BCUT2D eigenvalue weighted by Gasteiger charge is 2.21. The van der Waals surface area contributed by atoms with E-state index in [0.717, 1.165) is 25.6 Å². The summed E-state index contributed by atoms with van der Waals surface area (Å²) in [5.74, 6) is 0.689. The van der Waals surface area contributed by atoms with Gasteiger partial charge in [-0.1, -0.05) is 42.5 Å². The molecule has 4 rings (SSSR count). The largest absolute Gasteiger partial charge is 0.302 e. The van der Waals surface area contributed by atoms with Crippen LogP contribution in [0.15, 0.2) is 48.7 Å². The van der Waals surface area contributed by atoms with E-state index < -0.39 is 0 Å². The summed E-state index contributed by atoms with van der Waals surface area (Å²) < 4.78 is 0. The van der Waals surface area contributed by atoms with Crippen molar-refractivity contribution in [2.24, 2.45) is 5.92 Å². The van der Waals surface area contributed by atoms with E-state index in [4.69, 9.17) is 0 Å². The molecule has 0 spiro atoms. The van der Waals surface area contributed by atoms with Crippen molar-refractivity contribution < 1.29 is 4.79 Å². The van der Waals surface area contributed by atoms with Gasteiger partial charge in [0.25, 0.3) is 0 Å². The van der Waals surface area contributed by atoms with E-state index in [1.165, 1.54) is 47.4 Å². The number of carbonyl (C=O) groups excluding carboxylic acids is 1. The van der Waals surface area contributed by atoms with Gasteiger partial charge in [0.05, 0.1) is 0 Å². The zero-order chi connectivity index (χ0) is 18.6. The molecule has 1 aliphatic heterocycles. The van der Waals surface area contributed by atoms with Crippen LogP contribution in [0.5, 0.6) is 0 Å². The van der Waals surface area contributed by atoms with Crippen molar-refractivity contribution in [3.05, 3.63) is 59.1 Å². The number of hydrogen-bond acceptors (Lipinski definition) is 4. The highest BCUT2D eigenvalue weighted by atomic mass is 32.1. The lowest BCUT2D eigenvalue weighted by atomic mass is 9.88. The minimum Gasteiger partial charge on any atom is -0.302 e. The molecule has 1 amide bonds. The number of anilines is 1. The van der Waals surface area contributed by atoms with Gasteiger partial charge in [0.1, 0.15) is 0 Å². The Morgan fingerprint density at radius 2 is 1.96 bits per heavy atom. The van der Waals surface area contributed by atoms with Gasteiger partial charge >= 0.3 is 0 Å². The number of aromatic nitrogens is 1. The molecule has 0 radical (unpaired) electrons. The van der Waals surface area contributed by atoms with Crippen LogP contribution in [0.4, 0.5) is 5.13 Å². The molecule has 1 fully saturated rings. The predicted molar refractivity (Wildman–Crippen MR) is 112 cm³/mol. The first kappa shape index (κ1) is 18.1. The van der Waals surface area contributed by atoms with E-state index in [9.17, 15) is 4.79 Å². The fourth-order valence-electron chi connectivity index (χ4n) is 3.94. The Balaban J connectivity index is 1.32. The monoisotopic (exact) mass is 379 g/mol. The van der Waals surface area contributed by atoms with Crippen LogP contribution < -0.4 is 5.32 Å². The Bertz CT molecular complexity index is 923. The van der Waals surface area contributed by atoms with Crippen LogP contribution in [0.25, 0.3) is 10.8 Å². The van der Waals surface area contributed by atoms with Crippen LogP contribution in [0.3, 0.4) is 0 Å². The van der Waals surface area contributed by atoms with Gasteiger partial charge in [-0.25, -0.2) is 4.98 Å². The minimum atomic E-state index is -0.0647. The zero-order valence-electron chi connectivity index (χ0n) is 15.6. The average Bonchev–Trinajstić information content (AvgIpc) is 3.10. The van der Waals surface area contributed by atoms with Gasteiger partial charge in [-0.2, -0.15) is 0 Å². The Labute approximate surface area is 164 Å². The lowest BCUT2D eigenvalue weighted by molar-refractivity contribution is -0.114. The van der Waals surface area contributed by atoms with E-state index in [1.54, 1.807) is 11.3 Å². The average molecular weight is 380 g/mol. The van der Waals surface area contributed by atoms with E-state index in [2.05, 4.69) is 57.7 Å². The second kappa shape index (κ2) is 8.19. The standard InChI is InChI=1S/C22H25N3OS/c1-16(26)24-22-23-14-20(27-22)15-25-11-9-17(10-12-25)13-19-7-4-6-18-5-2-3-8-21(18)19/h2-8,14,17H,9-13,15H2,1H3,(H,23,24,26). The fraction of sp³-hybridized carbons (Fsp3) is 0.364. The summed E-state index contributed by atoms with van der Waals surface area (Å²) >= 11 is 1.57. The Hall–Kier alpha value is -2.24. The molecule has 0 bridgehead atoms. The van der Waals surface area contributed by atoms with Crippen molar-refractivity contribution in [2.45, 2.75) is 32.7 Å². The molecule has 0 unspecified atom stereocenters. The number of rotatable bonds is 5. The maximum atomic E-state index is 11.1. The van der Waals surface area contributed by atoms with E-state index in [0.29, 0.717) is 5.13 Å². The third-order valence-electron chi connectivity index (χ3n) is 5.31. The van der Waals surface area contributed by atoms with Crippen molar-refractivity contribution in [1.29, 1.82) is 0 Å². The summed E-state index contributed by atoms with van der Waals surface area (Å²) in [6.07, 6.45) is 5.53. The molecule has 1 saturated heterocycles. The second-order valence-electron chi connectivity index (χ2n) is 7.37. The summed E-state index contributed by atoms with van der Waals surface area (Å²) in [6.45, 7) is 4.70. The molecule has 1 aromatic heterocycles. The highest BCUT2D eigenvalue weighted by molar-refractivity contribution is 7.15. The molecule has 0 saturated carbocycles. The lowest BCUT2D eigenvalue weighted by Gasteiger charge is -2.31. The van der Waals surface area contributed by atoms with Crippen LogP contribution in [0.2, 0.25) is 0 Å². The van der Waals surface area contributed by atoms with Gasteiger partial charge < -0.3 is 5.32 Å². The number of nitrogens with one attached hydrogen (secondary N) is 1. The highest BCUT2D eigenvalue weighted by Crippen LogP contribution is 2.28. The Kier molecular flexibility index (Phi) is 5.50. The maximum absolute atomic E-state index is 11.1. The van der Waals surface area contributed by atoms with Crippen molar-refractivity contribution in [3.8, 4) is 0 Å². The molecule has 1 N–H and O–H groups in total. The molecular weight excluding hydrogens is 354 g/mol. The van der Waals surface area contributed by atoms with Crippen LogP contribution in [0, 0.1) is 5.92 Å². The molecule has 0 atom stereocenters. The molecule has 2 heterocycles. The van der Waals surface area contributed by atoms with Gasteiger partial charge in [0.2, 0.25) is 5.91 Å². The number of carbonyl (C=O) groups is 1. The maximum Gasteiger partial charge on any atom is 0.223 e. The molecule has 27 heavy (non-hydrogen) atoms. The lowest BCUT2D eigenvalue weighted by Crippen LogP contribution is -2.33. The Morgan fingerprint density at radius 1 is 1.19 bits per heavy atom. The van der Waals surface area contributed by atoms with Gasteiger partial charge in [0, 0.05) is 24.5 Å². The van der Waals surface area contributed by atoms with Crippen LogP contribution in [-0.4, -0.2) is 28.9 Å². The molecule has 140 valence electrons. The SMILES string of the molecule is CC(=O)Nc1ncc(CN2CCC(Cc3cccc4ccccc34)CC2)s1. The van der Waals surface area contributed by atoms with E-state index in [1.807, 2.05) is 6.20 Å². The van der Waals surface area contributed by atoms with Crippen molar-refractivity contribution in [2.75, 3.05) is 18.4 Å². The first-order valence-electron chi connectivity index (χ1n) is 9.58. The zero-order valence-corrected chi connectivity index (χ0v) is 16.5. The van der Waals surface area contributed by atoms with E-state index >= 15 is 0 Å². The number of hydrogen-bond donors (Lipinski definition) is 1. The molecule has 0 aliphatic carbocycles. The first-order valence-corrected chi connectivity index (χ1v) is 10.4. The first-order chi connectivity index (χ1) is 13.2. The van der Waals surface area contributed by atoms with Crippen molar-refractivity contribution in [1.82, 2.24) is 9.88 Å². The molecule has 1 aliphatic rings. The van der Waals surface area contributed by atoms with Crippen LogP contribution in [-0.2, 0) is 17.8 Å². The number of nitrogens with zero attached hydrogens (tertiary/aromatic N) is 2. The number of fused-ring (bicyclic) bond motifs is 1. The molecule has 4 nitrogen and oxygen atoms in total. The number of benzene rings is 2. The van der Waals surface area contributed by atoms with Crippen molar-refractivity contribution in [3.63, 3.8) is 0 Å². The summed E-state index contributed by atoms with van der Waals surface area (Å²) in [4.78, 5) is 19.1. The van der Waals surface area contributed by atoms with Gasteiger partial charge in [-0.3, -0.25) is 9.69 Å². The van der Waals surface area contributed by atoms with Gasteiger partial charge in [0.15, 0.2) is 5.13 Å². The van der Waals surface area contributed by atoms with Gasteiger partial charge in [-0.15, -0.1) is 11.3 Å². The fourth-order valence-corrected chi connectivity index (χ4v) is 4.84. The molecule has 5 heteroatoms. The summed E-state index contributed by atoms with van der Waals surface area (Å²) in [5.41, 5.74) is 1.48. The van der Waals surface area contributed by atoms with Gasteiger partial charge in [-0.05, 0) is 54.6 Å². The third kappa shape index (κ3) is 4.54. The number of likely N-dealkylation sites (tertiary alicyclic amines) is 1. The quantitative estimate of drug-likeness (QED) is 0.698. The van der Waals surface area contributed by atoms with Crippen LogP contribution >= 0.6 is 11.3 Å². The number of piperidine rings is 1. The summed E-state index contributed by atoms with van der Waals surface area (Å²) in [6, 6.07) is 15.4. The number of amides is 1. The Morgan fingerprint density at radius 3 is 2.78 bits per heavy atom. The molecule has 3 aromatic rings. The third-order valence-corrected chi connectivity index (χ3v) is 6.21. The van der Waals surface area contributed by atoms with E-state index in [-0.39, 0.29) is 5.91 Å². The van der Waals surface area contributed by atoms with Crippen LogP contribution in [0.1, 0.15) is 30.2 Å². The predicted octanol–water partition coefficient (Wildman–Crippen LogP) is 4.71. The molecular formula is C22H25N3OS. The summed E-state index contributed by atoms with van der Waals surface area (Å²) in [5, 5.41) is 6.20. The van der Waals surface area contributed by atoms with Crippen molar-refractivity contribution >= 4 is 33.1 Å². The summed E-state index contributed by atoms with van der Waals surface area (Å²) in [7, 11) is 0. The smallest absolute Gasteiger partial charge is 0.223 e.